The second-order valence-electron chi connectivity index (χ2n) is 9.36. The molecule has 31 heavy (non-hydrogen) atoms. The lowest BCUT2D eigenvalue weighted by Crippen LogP contribution is -2.29. The summed E-state index contributed by atoms with van der Waals surface area (Å²) in [6.07, 6.45) is 11.6. The summed E-state index contributed by atoms with van der Waals surface area (Å²) in [5.41, 5.74) is 5.13. The average Bonchev–Trinajstić information content (AvgIpc) is 3.66. The zero-order valence-electron chi connectivity index (χ0n) is 19.2. The van der Waals surface area contributed by atoms with Crippen LogP contribution in [-0.2, 0) is 0 Å². The van der Waals surface area contributed by atoms with Gasteiger partial charge in [-0.1, -0.05) is 0 Å². The van der Waals surface area contributed by atoms with Crippen molar-refractivity contribution in [3.63, 3.8) is 0 Å². The number of hydrogen-bond acceptors (Lipinski definition) is 6. The van der Waals surface area contributed by atoms with E-state index in [2.05, 4.69) is 41.7 Å². The predicted octanol–water partition coefficient (Wildman–Crippen LogP) is 4.82. The van der Waals surface area contributed by atoms with Gasteiger partial charge in [-0.15, -0.1) is 11.8 Å². The van der Waals surface area contributed by atoms with Gasteiger partial charge in [-0.05, 0) is 69.3 Å². The Bertz CT molecular complexity index is 1080. The van der Waals surface area contributed by atoms with Crippen LogP contribution in [0.15, 0.2) is 23.5 Å². The minimum absolute atomic E-state index is 0.840. The second-order valence-corrected chi connectivity index (χ2v) is 10.2. The Kier molecular flexibility index (Phi) is 5.32. The molecule has 0 spiro atoms. The number of anilines is 2. The molecular weight excluding hydrogens is 404 g/mol. The molecule has 3 heterocycles. The summed E-state index contributed by atoms with van der Waals surface area (Å²) in [5, 5.41) is 1.10. The third kappa shape index (κ3) is 4.00. The van der Waals surface area contributed by atoms with Gasteiger partial charge in [-0.3, -0.25) is 9.38 Å². The summed E-state index contributed by atoms with van der Waals surface area (Å²) in [6.45, 7) is 6.51. The van der Waals surface area contributed by atoms with Crippen molar-refractivity contribution in [3.05, 3.63) is 29.7 Å². The molecule has 0 saturated heterocycles. The largest absolute Gasteiger partial charge is 0.363 e. The van der Waals surface area contributed by atoms with Gasteiger partial charge >= 0.3 is 0 Å². The molecule has 0 atom stereocenters. The molecule has 3 aromatic rings. The van der Waals surface area contributed by atoms with Gasteiger partial charge in [-0.2, -0.15) is 0 Å². The van der Waals surface area contributed by atoms with Crippen molar-refractivity contribution in [2.75, 3.05) is 43.2 Å². The third-order valence-electron chi connectivity index (χ3n) is 6.41. The van der Waals surface area contributed by atoms with Gasteiger partial charge in [-0.25, -0.2) is 9.97 Å². The summed E-state index contributed by atoms with van der Waals surface area (Å²) >= 11 is 1.74. The zero-order valence-corrected chi connectivity index (χ0v) is 20.0. The van der Waals surface area contributed by atoms with Crippen LogP contribution in [0.3, 0.4) is 0 Å². The first kappa shape index (κ1) is 20.6. The van der Waals surface area contributed by atoms with Crippen molar-refractivity contribution in [1.82, 2.24) is 19.4 Å². The number of imidazole rings is 1. The molecule has 7 heteroatoms. The summed E-state index contributed by atoms with van der Waals surface area (Å²) in [5.74, 6) is 3.90. The van der Waals surface area contributed by atoms with Crippen LogP contribution in [-0.4, -0.2) is 52.8 Å². The van der Waals surface area contributed by atoms with Crippen molar-refractivity contribution in [3.8, 4) is 11.3 Å². The molecule has 5 rings (SSSR count). The summed E-state index contributed by atoms with van der Waals surface area (Å²) in [4.78, 5) is 19.4. The Morgan fingerprint density at radius 2 is 1.74 bits per heavy atom. The topological polar surface area (TPSA) is 49.6 Å². The minimum atomic E-state index is 0.840. The lowest BCUT2D eigenvalue weighted by atomic mass is 10.0. The van der Waals surface area contributed by atoms with E-state index >= 15 is 0 Å². The molecule has 2 fully saturated rings. The standard InChI is InChI=1S/C24H32N6S/c1-15-12-19(28(3)4)26-16(2)20(15)21-22-27-23(31-5)24(30(22)11-10-25-21)29(13-17-6-7-17)14-18-8-9-18/h10-12,17-18H,6-9,13-14H2,1-5H3. The number of nitrogens with zero attached hydrogens (tertiary/aromatic N) is 6. The Labute approximate surface area is 189 Å². The maximum atomic E-state index is 5.11. The van der Waals surface area contributed by atoms with Gasteiger partial charge in [0.25, 0.3) is 0 Å². The number of aryl methyl sites for hydroxylation is 2. The maximum absolute atomic E-state index is 5.11. The van der Waals surface area contributed by atoms with E-state index in [1.165, 1.54) is 37.1 Å². The van der Waals surface area contributed by atoms with E-state index in [1.807, 2.05) is 25.2 Å². The van der Waals surface area contributed by atoms with Gasteiger partial charge in [0.05, 0.1) is 0 Å². The third-order valence-corrected chi connectivity index (χ3v) is 7.07. The summed E-state index contributed by atoms with van der Waals surface area (Å²) in [7, 11) is 4.06. The van der Waals surface area contributed by atoms with Crippen molar-refractivity contribution in [2.45, 2.75) is 44.6 Å². The Morgan fingerprint density at radius 1 is 1.06 bits per heavy atom. The highest BCUT2D eigenvalue weighted by Gasteiger charge is 2.32. The fourth-order valence-corrected chi connectivity index (χ4v) is 5.00. The van der Waals surface area contributed by atoms with Crippen molar-refractivity contribution >= 4 is 29.0 Å². The summed E-state index contributed by atoms with van der Waals surface area (Å²) < 4.78 is 2.28. The van der Waals surface area contributed by atoms with E-state index in [1.54, 1.807) is 11.8 Å². The molecule has 2 saturated carbocycles. The molecule has 0 radical (unpaired) electrons. The molecule has 164 valence electrons. The highest BCUT2D eigenvalue weighted by atomic mass is 32.2. The van der Waals surface area contributed by atoms with Gasteiger partial charge in [0, 0.05) is 50.8 Å². The smallest absolute Gasteiger partial charge is 0.166 e. The average molecular weight is 437 g/mol. The number of aromatic nitrogens is 4. The van der Waals surface area contributed by atoms with E-state index in [0.717, 1.165) is 58.4 Å². The Hall–Kier alpha value is -2.28. The van der Waals surface area contributed by atoms with Crippen LogP contribution < -0.4 is 9.80 Å². The monoisotopic (exact) mass is 436 g/mol. The van der Waals surface area contributed by atoms with Crippen LogP contribution in [0, 0.1) is 25.7 Å². The zero-order chi connectivity index (χ0) is 21.7. The molecule has 0 bridgehead atoms. The highest BCUT2D eigenvalue weighted by molar-refractivity contribution is 7.98. The van der Waals surface area contributed by atoms with Crippen LogP contribution in [0.1, 0.15) is 36.9 Å². The first-order valence-corrected chi connectivity index (χ1v) is 12.5. The number of thioether (sulfide) groups is 1. The SMILES string of the molecule is CSc1nc2c(-c3c(C)cc(N(C)C)nc3C)nccn2c1N(CC1CC1)CC1CC1. The van der Waals surface area contributed by atoms with Crippen LogP contribution in [0.25, 0.3) is 16.9 Å². The summed E-state index contributed by atoms with van der Waals surface area (Å²) in [6, 6.07) is 2.14. The first-order chi connectivity index (χ1) is 15.0. The molecule has 0 aliphatic heterocycles. The van der Waals surface area contributed by atoms with Gasteiger partial charge in [0.1, 0.15) is 22.4 Å². The molecule has 3 aromatic heterocycles. The van der Waals surface area contributed by atoms with Crippen LogP contribution in [0.5, 0.6) is 0 Å². The van der Waals surface area contributed by atoms with E-state index in [4.69, 9.17) is 15.0 Å². The Balaban J connectivity index is 1.65. The van der Waals surface area contributed by atoms with Gasteiger partial charge < -0.3 is 9.80 Å². The number of rotatable bonds is 8. The molecule has 0 aromatic carbocycles. The van der Waals surface area contributed by atoms with Gasteiger partial charge in [0.2, 0.25) is 0 Å². The lowest BCUT2D eigenvalue weighted by Gasteiger charge is -2.25. The quantitative estimate of drug-likeness (QED) is 0.472. The number of fused-ring (bicyclic) bond motifs is 1. The predicted molar refractivity (Wildman–Crippen MR) is 129 cm³/mol. The second kappa shape index (κ2) is 8.01. The van der Waals surface area contributed by atoms with E-state index < -0.39 is 0 Å². The Morgan fingerprint density at radius 3 is 2.29 bits per heavy atom. The first-order valence-electron chi connectivity index (χ1n) is 11.3. The normalized spacial score (nSPS) is 16.2. The van der Waals surface area contributed by atoms with E-state index in [9.17, 15) is 0 Å². The fraction of sp³-hybridized carbons (Fsp3) is 0.542. The highest BCUT2D eigenvalue weighted by Crippen LogP contribution is 2.40. The molecular formula is C24H32N6S. The molecule has 0 amide bonds. The van der Waals surface area contributed by atoms with Crippen molar-refractivity contribution in [1.29, 1.82) is 0 Å². The molecule has 2 aliphatic rings. The van der Waals surface area contributed by atoms with Crippen molar-refractivity contribution in [2.24, 2.45) is 11.8 Å². The number of hydrogen-bond donors (Lipinski definition) is 0. The van der Waals surface area contributed by atoms with Gasteiger partial charge in [0.15, 0.2) is 5.65 Å². The maximum Gasteiger partial charge on any atom is 0.166 e. The molecule has 0 unspecified atom stereocenters. The van der Waals surface area contributed by atoms with Crippen LogP contribution in [0.4, 0.5) is 11.6 Å². The van der Waals surface area contributed by atoms with Crippen molar-refractivity contribution < 1.29 is 0 Å². The minimum Gasteiger partial charge on any atom is -0.363 e. The van der Waals surface area contributed by atoms with Crippen LogP contribution in [0.2, 0.25) is 0 Å². The van der Waals surface area contributed by atoms with E-state index in [0.29, 0.717) is 0 Å². The van der Waals surface area contributed by atoms with Crippen LogP contribution >= 0.6 is 11.8 Å². The fourth-order valence-electron chi connectivity index (χ4n) is 4.41. The molecule has 0 N–H and O–H groups in total. The lowest BCUT2D eigenvalue weighted by molar-refractivity contribution is 0.663. The van der Waals surface area contributed by atoms with E-state index in [-0.39, 0.29) is 0 Å². The molecule has 2 aliphatic carbocycles. The molecule has 6 nitrogen and oxygen atoms in total. The number of pyridine rings is 1.